The first-order valence-electron chi connectivity index (χ1n) is 10.2. The lowest BCUT2D eigenvalue weighted by molar-refractivity contribution is 0.115. The molecule has 4 rings (SSSR count). The third-order valence-electron chi connectivity index (χ3n) is 5.81. The van der Waals surface area contributed by atoms with Crippen LogP contribution < -0.4 is 0 Å². The van der Waals surface area contributed by atoms with Crippen LogP contribution in [0.3, 0.4) is 0 Å². The van der Waals surface area contributed by atoms with Crippen LogP contribution in [-0.2, 0) is 11.9 Å². The van der Waals surface area contributed by atoms with Gasteiger partial charge in [0.25, 0.3) is 0 Å². The van der Waals surface area contributed by atoms with Crippen molar-refractivity contribution in [1.82, 2.24) is 19.6 Å². The fraction of sp³-hybridized carbons (Fsp3) is 0.714. The molecule has 4 nitrogen and oxygen atoms in total. The van der Waals surface area contributed by atoms with Gasteiger partial charge in [-0.25, -0.2) is 0 Å². The van der Waals surface area contributed by atoms with Crippen LogP contribution in [0.4, 0.5) is 0 Å². The average Bonchev–Trinajstić information content (AvgIpc) is 2.67. The largest absolute Gasteiger partial charge is 0.305 e. The van der Waals surface area contributed by atoms with Crippen molar-refractivity contribution in [2.45, 2.75) is 24.7 Å². The highest BCUT2D eigenvalue weighted by atomic mass is 79.9. The minimum absolute atomic E-state index is 0.940. The monoisotopic (exact) mass is 422 g/mol. The number of likely N-dealkylation sites (N-methyl/N-ethyl adjacent to an activating group) is 1. The molecule has 0 spiro atoms. The Morgan fingerprint density at radius 3 is 1.88 bits per heavy atom. The normalized spacial score (nSPS) is 27.3. The molecule has 1 aromatic rings. The molecule has 3 heterocycles. The van der Waals surface area contributed by atoms with Gasteiger partial charge in [-0.2, -0.15) is 0 Å². The van der Waals surface area contributed by atoms with Crippen LogP contribution in [-0.4, -0.2) is 92.1 Å². The lowest BCUT2D eigenvalue weighted by atomic mass is 10.1. The molecule has 26 heavy (non-hydrogen) atoms. The molecule has 0 atom stereocenters. The first-order chi connectivity index (χ1) is 12.7. The molecule has 3 aliphatic heterocycles. The second-order valence-electron chi connectivity index (χ2n) is 7.92. The summed E-state index contributed by atoms with van der Waals surface area (Å²) in [5.74, 6) is 0. The molecule has 0 amide bonds. The summed E-state index contributed by atoms with van der Waals surface area (Å²) in [5, 5.41) is 0.940. The number of hydrogen-bond acceptors (Lipinski definition) is 4. The Bertz CT molecular complexity index is 513. The Morgan fingerprint density at radius 2 is 1.27 bits per heavy atom. The molecule has 1 aromatic carbocycles. The van der Waals surface area contributed by atoms with E-state index in [4.69, 9.17) is 0 Å². The van der Waals surface area contributed by atoms with Crippen LogP contribution in [0.1, 0.15) is 24.0 Å². The van der Waals surface area contributed by atoms with E-state index in [1.807, 2.05) is 0 Å². The van der Waals surface area contributed by atoms with Crippen LogP contribution in [0, 0.1) is 0 Å². The number of hydrogen-bond donors (Lipinski definition) is 0. The summed E-state index contributed by atoms with van der Waals surface area (Å²) in [6.07, 6.45) is 2.58. The molecule has 0 N–H and O–H groups in total. The number of halogens is 1. The minimum Gasteiger partial charge on any atom is -0.305 e. The fourth-order valence-corrected chi connectivity index (χ4v) is 4.38. The zero-order chi connectivity index (χ0) is 18.2. The first-order valence-corrected chi connectivity index (χ1v) is 11.3. The lowest BCUT2D eigenvalue weighted by Gasteiger charge is -2.36. The second-order valence-corrected chi connectivity index (χ2v) is 8.48. The number of benzene rings is 1. The highest BCUT2D eigenvalue weighted by Crippen LogP contribution is 2.12. The van der Waals surface area contributed by atoms with E-state index < -0.39 is 0 Å². The number of nitrogens with zero attached hydrogens (tertiary/aromatic N) is 4. The van der Waals surface area contributed by atoms with E-state index in [2.05, 4.69) is 66.8 Å². The summed E-state index contributed by atoms with van der Waals surface area (Å²) in [6, 6.07) is 9.09. The minimum atomic E-state index is 0.940. The molecular formula is C21H35BrN4. The molecule has 2 bridgehead atoms. The summed E-state index contributed by atoms with van der Waals surface area (Å²) < 4.78 is 0. The molecule has 0 aromatic heterocycles. The maximum atomic E-state index is 3.54. The van der Waals surface area contributed by atoms with E-state index in [1.165, 1.54) is 89.4 Å². The van der Waals surface area contributed by atoms with Crippen LogP contribution in [0.25, 0.3) is 0 Å². The zero-order valence-corrected chi connectivity index (χ0v) is 18.0. The van der Waals surface area contributed by atoms with Gasteiger partial charge in [0.2, 0.25) is 0 Å². The predicted octanol–water partition coefficient (Wildman–Crippen LogP) is 2.73. The van der Waals surface area contributed by atoms with Gasteiger partial charge < -0.3 is 14.7 Å². The molecule has 0 radical (unpaired) electrons. The Balaban J connectivity index is 1.57. The van der Waals surface area contributed by atoms with Gasteiger partial charge in [0, 0.05) is 51.1 Å². The van der Waals surface area contributed by atoms with Gasteiger partial charge in [0.15, 0.2) is 0 Å². The van der Waals surface area contributed by atoms with E-state index in [-0.39, 0.29) is 0 Å². The van der Waals surface area contributed by atoms with Crippen molar-refractivity contribution in [3.63, 3.8) is 0 Å². The van der Waals surface area contributed by atoms with Gasteiger partial charge in [-0.05, 0) is 57.2 Å². The molecule has 0 unspecified atom stereocenters. The molecule has 3 aliphatic rings. The standard InChI is InChI=1S/C21H35BrN4/c1-23-8-2-9-24-14-16-25(17-15-24)10-3-11-26(13-12-23)19-21-6-4-20(18-22)5-7-21/h4-7H,2-3,8-19H2,1H3. The average molecular weight is 423 g/mol. The predicted molar refractivity (Wildman–Crippen MR) is 114 cm³/mol. The lowest BCUT2D eigenvalue weighted by Crippen LogP contribution is -2.48. The van der Waals surface area contributed by atoms with Crippen LogP contribution in [0.5, 0.6) is 0 Å². The highest BCUT2D eigenvalue weighted by molar-refractivity contribution is 9.08. The SMILES string of the molecule is CN1CCCN2CCN(CCCN(Cc3ccc(CBr)cc3)CC1)CC2. The molecule has 146 valence electrons. The van der Waals surface area contributed by atoms with Gasteiger partial charge in [-0.3, -0.25) is 4.90 Å². The number of alkyl halides is 1. The summed E-state index contributed by atoms with van der Waals surface area (Å²) >= 11 is 3.54. The summed E-state index contributed by atoms with van der Waals surface area (Å²) in [7, 11) is 2.28. The van der Waals surface area contributed by atoms with E-state index in [0.717, 1.165) is 11.9 Å². The highest BCUT2D eigenvalue weighted by Gasteiger charge is 2.17. The molecule has 0 aliphatic carbocycles. The van der Waals surface area contributed by atoms with Crippen LogP contribution in [0.2, 0.25) is 0 Å². The summed E-state index contributed by atoms with van der Waals surface area (Å²) in [6.45, 7) is 13.4. The van der Waals surface area contributed by atoms with Gasteiger partial charge in [-0.1, -0.05) is 40.2 Å². The molecule has 0 saturated carbocycles. The molecule has 3 saturated heterocycles. The van der Waals surface area contributed by atoms with E-state index >= 15 is 0 Å². The van der Waals surface area contributed by atoms with Crippen LogP contribution in [0.15, 0.2) is 24.3 Å². The maximum absolute atomic E-state index is 3.54. The van der Waals surface area contributed by atoms with Crippen molar-refractivity contribution in [3.05, 3.63) is 35.4 Å². The van der Waals surface area contributed by atoms with Gasteiger partial charge >= 0.3 is 0 Å². The number of rotatable bonds is 3. The third-order valence-corrected chi connectivity index (χ3v) is 6.46. The van der Waals surface area contributed by atoms with Crippen molar-refractivity contribution in [3.8, 4) is 0 Å². The van der Waals surface area contributed by atoms with Gasteiger partial charge in [0.05, 0.1) is 0 Å². The number of piperazine rings is 1. The Morgan fingerprint density at radius 1 is 0.692 bits per heavy atom. The Labute approximate surface area is 168 Å². The topological polar surface area (TPSA) is 13.0 Å². The summed E-state index contributed by atoms with van der Waals surface area (Å²) in [4.78, 5) is 10.5. The maximum Gasteiger partial charge on any atom is 0.0283 e. The van der Waals surface area contributed by atoms with Gasteiger partial charge in [-0.15, -0.1) is 0 Å². The van der Waals surface area contributed by atoms with E-state index in [9.17, 15) is 0 Å². The molecular weight excluding hydrogens is 388 g/mol. The van der Waals surface area contributed by atoms with Gasteiger partial charge in [0.1, 0.15) is 0 Å². The second kappa shape index (κ2) is 10.8. The molecule has 3 fully saturated rings. The Kier molecular flexibility index (Phi) is 8.40. The van der Waals surface area contributed by atoms with Crippen molar-refractivity contribution < 1.29 is 0 Å². The van der Waals surface area contributed by atoms with Crippen molar-refractivity contribution in [2.75, 3.05) is 72.5 Å². The zero-order valence-electron chi connectivity index (χ0n) is 16.4. The van der Waals surface area contributed by atoms with Crippen molar-refractivity contribution >= 4 is 15.9 Å². The van der Waals surface area contributed by atoms with Crippen molar-refractivity contribution in [2.24, 2.45) is 0 Å². The van der Waals surface area contributed by atoms with Crippen molar-refractivity contribution in [1.29, 1.82) is 0 Å². The smallest absolute Gasteiger partial charge is 0.0283 e. The van der Waals surface area contributed by atoms with E-state index in [0.29, 0.717) is 0 Å². The van der Waals surface area contributed by atoms with E-state index in [1.54, 1.807) is 0 Å². The quantitative estimate of drug-likeness (QED) is 0.694. The number of fused-ring (bicyclic) bond motifs is 11. The summed E-state index contributed by atoms with van der Waals surface area (Å²) in [5.41, 5.74) is 2.79. The third kappa shape index (κ3) is 6.61. The molecule has 5 heteroatoms. The van der Waals surface area contributed by atoms with Crippen LogP contribution >= 0.6 is 15.9 Å². The fourth-order valence-electron chi connectivity index (χ4n) is 4.00. The Hall–Kier alpha value is -0.460. The first kappa shape index (κ1) is 20.3.